The van der Waals surface area contributed by atoms with E-state index in [1.54, 1.807) is 0 Å². The molecular formula is C22H37Cl2N3O. The van der Waals surface area contributed by atoms with Crippen molar-refractivity contribution in [3.8, 4) is 0 Å². The van der Waals surface area contributed by atoms with E-state index in [0.29, 0.717) is 0 Å². The van der Waals surface area contributed by atoms with Crippen molar-refractivity contribution in [1.82, 2.24) is 10.2 Å². The number of halogens is 2. The zero-order valence-electron chi connectivity index (χ0n) is 16.9. The summed E-state index contributed by atoms with van der Waals surface area (Å²) in [7, 11) is 0. The van der Waals surface area contributed by atoms with E-state index in [1.165, 1.54) is 37.9 Å². The van der Waals surface area contributed by atoms with Gasteiger partial charge < -0.3 is 16.0 Å². The number of nitrogens with zero attached hydrogens (tertiary/aromatic N) is 1. The van der Waals surface area contributed by atoms with Crippen LogP contribution < -0.4 is 11.1 Å². The molecule has 2 fully saturated rings. The molecule has 160 valence electrons. The van der Waals surface area contributed by atoms with E-state index < -0.39 is 5.54 Å². The largest absolute Gasteiger partial charge is 0.355 e. The van der Waals surface area contributed by atoms with Crippen molar-refractivity contribution in [2.24, 2.45) is 11.7 Å². The molecule has 4 nitrogen and oxygen atoms in total. The van der Waals surface area contributed by atoms with Gasteiger partial charge in [0.1, 0.15) is 0 Å². The summed E-state index contributed by atoms with van der Waals surface area (Å²) in [6, 6.07) is 10.9. The molecule has 1 saturated carbocycles. The van der Waals surface area contributed by atoms with Gasteiger partial charge in [0, 0.05) is 6.54 Å². The molecule has 1 aliphatic carbocycles. The summed E-state index contributed by atoms with van der Waals surface area (Å²) in [6.45, 7) is 4.36. The fraction of sp³-hybridized carbons (Fsp3) is 0.682. The van der Waals surface area contributed by atoms with Crippen molar-refractivity contribution in [3.05, 3.63) is 35.9 Å². The minimum atomic E-state index is -0.583. The molecule has 0 atom stereocenters. The smallest absolute Gasteiger partial charge is 0.240 e. The highest BCUT2D eigenvalue weighted by Crippen LogP contribution is 2.27. The van der Waals surface area contributed by atoms with Gasteiger partial charge in [0.15, 0.2) is 0 Å². The van der Waals surface area contributed by atoms with Crippen molar-refractivity contribution >= 4 is 30.7 Å². The predicted octanol–water partition coefficient (Wildman–Crippen LogP) is 3.95. The number of hydrogen-bond acceptors (Lipinski definition) is 3. The number of rotatable bonds is 8. The molecule has 1 aromatic rings. The molecule has 1 saturated heterocycles. The molecule has 0 spiro atoms. The quantitative estimate of drug-likeness (QED) is 0.614. The van der Waals surface area contributed by atoms with Crippen LogP contribution in [0.4, 0.5) is 0 Å². The molecular weight excluding hydrogens is 393 g/mol. The zero-order valence-corrected chi connectivity index (χ0v) is 18.5. The first kappa shape index (κ1) is 25.2. The lowest BCUT2D eigenvalue weighted by Gasteiger charge is -2.32. The summed E-state index contributed by atoms with van der Waals surface area (Å²) < 4.78 is 0. The summed E-state index contributed by atoms with van der Waals surface area (Å²) in [5.74, 6) is 0.900. The van der Waals surface area contributed by atoms with Crippen LogP contribution in [-0.2, 0) is 11.2 Å². The number of likely N-dealkylation sites (tertiary alicyclic amines) is 1. The molecule has 2 aliphatic rings. The van der Waals surface area contributed by atoms with E-state index in [9.17, 15) is 4.79 Å². The van der Waals surface area contributed by atoms with Crippen LogP contribution in [0.1, 0.15) is 56.9 Å². The summed E-state index contributed by atoms with van der Waals surface area (Å²) in [6.07, 6.45) is 9.90. The summed E-state index contributed by atoms with van der Waals surface area (Å²) in [4.78, 5) is 14.8. The van der Waals surface area contributed by atoms with Gasteiger partial charge >= 0.3 is 0 Å². The first-order valence-electron chi connectivity index (χ1n) is 10.5. The third kappa shape index (κ3) is 7.55. The van der Waals surface area contributed by atoms with Crippen molar-refractivity contribution in [3.63, 3.8) is 0 Å². The Labute approximate surface area is 182 Å². The Hall–Kier alpha value is -0.810. The van der Waals surface area contributed by atoms with Gasteiger partial charge in [0.05, 0.1) is 5.54 Å². The maximum absolute atomic E-state index is 12.2. The number of carbonyl (C=O) groups excluding carboxylic acids is 1. The van der Waals surface area contributed by atoms with Crippen LogP contribution in [-0.4, -0.2) is 42.5 Å². The molecule has 6 heteroatoms. The number of nitrogens with two attached hydrogens (primary N) is 1. The standard InChI is InChI=1S/C22H35N3O.2ClH/c23-22(12-4-5-13-22)21(26)24-14-6-7-15-25-16-10-20(11-17-25)18-19-8-2-1-3-9-19;;/h1-3,8-9,20H,4-7,10-18,23H2,(H,24,26);2*1H. The first-order chi connectivity index (χ1) is 12.7. The highest BCUT2D eigenvalue weighted by molar-refractivity contribution is 5.86. The Morgan fingerprint density at radius 2 is 1.71 bits per heavy atom. The third-order valence-electron chi connectivity index (χ3n) is 6.21. The maximum Gasteiger partial charge on any atom is 0.240 e. The molecule has 1 aliphatic heterocycles. The lowest BCUT2D eigenvalue weighted by Crippen LogP contribution is -2.52. The molecule has 1 heterocycles. The van der Waals surface area contributed by atoms with Gasteiger partial charge in [-0.3, -0.25) is 4.79 Å². The molecule has 0 radical (unpaired) electrons. The van der Waals surface area contributed by atoms with Gasteiger partial charge in [-0.25, -0.2) is 0 Å². The second kappa shape index (κ2) is 12.7. The number of nitrogens with one attached hydrogen (secondary N) is 1. The van der Waals surface area contributed by atoms with Gasteiger partial charge in [0.25, 0.3) is 0 Å². The van der Waals surface area contributed by atoms with Crippen molar-refractivity contribution < 1.29 is 4.79 Å². The van der Waals surface area contributed by atoms with Crippen LogP contribution >= 0.6 is 24.8 Å². The predicted molar refractivity (Wildman–Crippen MR) is 121 cm³/mol. The molecule has 3 rings (SSSR count). The van der Waals surface area contributed by atoms with Crippen LogP contribution in [0.5, 0.6) is 0 Å². The van der Waals surface area contributed by atoms with Gasteiger partial charge in [-0.05, 0) is 76.1 Å². The topological polar surface area (TPSA) is 58.4 Å². The van der Waals surface area contributed by atoms with Gasteiger partial charge in [-0.1, -0.05) is 43.2 Å². The Bertz CT molecular complexity index is 556. The van der Waals surface area contributed by atoms with Crippen molar-refractivity contribution in [2.75, 3.05) is 26.2 Å². The molecule has 28 heavy (non-hydrogen) atoms. The number of piperidine rings is 1. The summed E-state index contributed by atoms with van der Waals surface area (Å²) in [5, 5.41) is 3.05. The van der Waals surface area contributed by atoms with E-state index in [2.05, 4.69) is 40.5 Å². The second-order valence-corrected chi connectivity index (χ2v) is 8.30. The van der Waals surface area contributed by atoms with Crippen LogP contribution in [0.25, 0.3) is 0 Å². The lowest BCUT2D eigenvalue weighted by atomic mass is 9.90. The number of hydrogen-bond donors (Lipinski definition) is 2. The molecule has 1 aromatic carbocycles. The number of amides is 1. The van der Waals surface area contributed by atoms with E-state index in [-0.39, 0.29) is 30.7 Å². The van der Waals surface area contributed by atoms with E-state index >= 15 is 0 Å². The Kier molecular flexibility index (Phi) is 11.4. The van der Waals surface area contributed by atoms with Gasteiger partial charge in [0.2, 0.25) is 5.91 Å². The van der Waals surface area contributed by atoms with Crippen molar-refractivity contribution in [2.45, 2.75) is 63.3 Å². The number of unbranched alkanes of at least 4 members (excludes halogenated alkanes) is 1. The number of carbonyl (C=O) groups is 1. The minimum Gasteiger partial charge on any atom is -0.355 e. The number of benzene rings is 1. The molecule has 0 aromatic heterocycles. The first-order valence-corrected chi connectivity index (χ1v) is 10.5. The maximum atomic E-state index is 12.2. The molecule has 1 amide bonds. The van der Waals surface area contributed by atoms with Crippen LogP contribution in [0.15, 0.2) is 30.3 Å². The fourth-order valence-electron chi connectivity index (χ4n) is 4.43. The normalized spacial score (nSPS) is 19.5. The van der Waals surface area contributed by atoms with E-state index in [1.807, 2.05) is 0 Å². The average molecular weight is 430 g/mol. The average Bonchev–Trinajstić information content (AvgIpc) is 3.11. The highest BCUT2D eigenvalue weighted by Gasteiger charge is 2.36. The Balaban J connectivity index is 0.00000196. The molecule has 0 bridgehead atoms. The van der Waals surface area contributed by atoms with E-state index in [4.69, 9.17) is 5.73 Å². The third-order valence-corrected chi connectivity index (χ3v) is 6.21. The molecule has 3 N–H and O–H groups in total. The zero-order chi connectivity index (χ0) is 18.2. The van der Waals surface area contributed by atoms with Crippen LogP contribution in [0.2, 0.25) is 0 Å². The van der Waals surface area contributed by atoms with Crippen LogP contribution in [0.3, 0.4) is 0 Å². The second-order valence-electron chi connectivity index (χ2n) is 8.30. The van der Waals surface area contributed by atoms with Crippen molar-refractivity contribution in [1.29, 1.82) is 0 Å². The monoisotopic (exact) mass is 429 g/mol. The fourth-order valence-corrected chi connectivity index (χ4v) is 4.43. The van der Waals surface area contributed by atoms with Crippen LogP contribution in [0, 0.1) is 5.92 Å². The van der Waals surface area contributed by atoms with Gasteiger partial charge in [-0.15, -0.1) is 24.8 Å². The molecule has 0 unspecified atom stereocenters. The highest BCUT2D eigenvalue weighted by atomic mass is 35.5. The summed E-state index contributed by atoms with van der Waals surface area (Å²) >= 11 is 0. The lowest BCUT2D eigenvalue weighted by molar-refractivity contribution is -0.126. The van der Waals surface area contributed by atoms with E-state index in [0.717, 1.165) is 57.5 Å². The Morgan fingerprint density at radius 3 is 2.36 bits per heavy atom. The summed E-state index contributed by atoms with van der Waals surface area (Å²) in [5.41, 5.74) is 7.07. The van der Waals surface area contributed by atoms with Gasteiger partial charge in [-0.2, -0.15) is 0 Å². The Morgan fingerprint density at radius 1 is 1.07 bits per heavy atom. The SMILES string of the molecule is Cl.Cl.NC1(C(=O)NCCCCN2CCC(Cc3ccccc3)CC2)CCCC1. The minimum absolute atomic E-state index is 0.